The SMILES string of the molecule is CCC(=Cc1cc(OC)c(OC)c(OC)c1)CNC. The second-order valence-electron chi connectivity index (χ2n) is 4.15. The third kappa shape index (κ3) is 3.89. The average molecular weight is 265 g/mol. The monoisotopic (exact) mass is 265 g/mol. The van der Waals surface area contributed by atoms with Gasteiger partial charge in [0, 0.05) is 6.54 Å². The van der Waals surface area contributed by atoms with Gasteiger partial charge in [-0.05, 0) is 31.2 Å². The molecule has 0 spiro atoms. The third-order valence-corrected chi connectivity index (χ3v) is 2.92. The van der Waals surface area contributed by atoms with Gasteiger partial charge in [0.1, 0.15) is 0 Å². The first-order valence-electron chi connectivity index (χ1n) is 6.34. The van der Waals surface area contributed by atoms with Crippen molar-refractivity contribution in [1.29, 1.82) is 0 Å². The highest BCUT2D eigenvalue weighted by molar-refractivity contribution is 5.63. The minimum atomic E-state index is 0.619. The van der Waals surface area contributed by atoms with Gasteiger partial charge >= 0.3 is 0 Å². The predicted molar refractivity (Wildman–Crippen MR) is 78.3 cm³/mol. The van der Waals surface area contributed by atoms with Gasteiger partial charge in [0.25, 0.3) is 0 Å². The quantitative estimate of drug-likeness (QED) is 0.823. The molecule has 4 heteroatoms. The molecule has 0 saturated heterocycles. The third-order valence-electron chi connectivity index (χ3n) is 2.92. The lowest BCUT2D eigenvalue weighted by atomic mass is 10.1. The maximum atomic E-state index is 5.34. The lowest BCUT2D eigenvalue weighted by molar-refractivity contribution is 0.324. The van der Waals surface area contributed by atoms with Crippen LogP contribution in [0.5, 0.6) is 17.2 Å². The van der Waals surface area contributed by atoms with Crippen molar-refractivity contribution >= 4 is 6.08 Å². The molecule has 0 aromatic heterocycles. The lowest BCUT2D eigenvalue weighted by Crippen LogP contribution is -2.09. The van der Waals surface area contributed by atoms with E-state index in [1.807, 2.05) is 19.2 Å². The first-order chi connectivity index (χ1) is 9.19. The van der Waals surface area contributed by atoms with E-state index >= 15 is 0 Å². The van der Waals surface area contributed by atoms with Crippen molar-refractivity contribution < 1.29 is 14.2 Å². The second kappa shape index (κ2) is 7.69. The molecule has 0 aliphatic heterocycles. The summed E-state index contributed by atoms with van der Waals surface area (Å²) in [6.45, 7) is 3.01. The average Bonchev–Trinajstić information content (AvgIpc) is 2.45. The number of ether oxygens (including phenoxy) is 3. The van der Waals surface area contributed by atoms with Gasteiger partial charge in [0.05, 0.1) is 21.3 Å². The maximum absolute atomic E-state index is 5.34. The van der Waals surface area contributed by atoms with E-state index in [1.165, 1.54) is 5.57 Å². The Morgan fingerprint density at radius 2 is 1.68 bits per heavy atom. The largest absolute Gasteiger partial charge is 0.493 e. The van der Waals surface area contributed by atoms with Crippen LogP contribution in [-0.2, 0) is 0 Å². The number of nitrogens with one attached hydrogen (secondary N) is 1. The molecule has 0 amide bonds. The molecule has 0 heterocycles. The van der Waals surface area contributed by atoms with Crippen molar-refractivity contribution in [3.63, 3.8) is 0 Å². The summed E-state index contributed by atoms with van der Waals surface area (Å²) in [6, 6.07) is 3.90. The smallest absolute Gasteiger partial charge is 0.203 e. The van der Waals surface area contributed by atoms with Crippen molar-refractivity contribution in [2.24, 2.45) is 0 Å². The number of likely N-dealkylation sites (N-methyl/N-ethyl adjacent to an activating group) is 1. The van der Waals surface area contributed by atoms with E-state index in [0.29, 0.717) is 17.2 Å². The Kier molecular flexibility index (Phi) is 6.22. The number of hydrogen-bond acceptors (Lipinski definition) is 4. The molecule has 19 heavy (non-hydrogen) atoms. The van der Waals surface area contributed by atoms with E-state index in [-0.39, 0.29) is 0 Å². The Labute approximate surface area is 115 Å². The molecule has 0 bridgehead atoms. The molecule has 0 fully saturated rings. The van der Waals surface area contributed by atoms with Crippen LogP contribution in [0.3, 0.4) is 0 Å². The van der Waals surface area contributed by atoms with Crippen LogP contribution in [0.25, 0.3) is 6.08 Å². The van der Waals surface area contributed by atoms with Gasteiger partial charge in [-0.1, -0.05) is 18.6 Å². The van der Waals surface area contributed by atoms with Gasteiger partial charge in [-0.15, -0.1) is 0 Å². The predicted octanol–water partition coefficient (Wildman–Crippen LogP) is 2.73. The Morgan fingerprint density at radius 1 is 1.11 bits per heavy atom. The molecule has 0 aliphatic rings. The molecule has 1 aromatic carbocycles. The molecule has 1 rings (SSSR count). The zero-order valence-corrected chi connectivity index (χ0v) is 12.4. The van der Waals surface area contributed by atoms with Crippen LogP contribution in [0.15, 0.2) is 17.7 Å². The number of methoxy groups -OCH3 is 3. The number of rotatable bonds is 7. The first-order valence-corrected chi connectivity index (χ1v) is 6.34. The van der Waals surface area contributed by atoms with Crippen molar-refractivity contribution in [2.45, 2.75) is 13.3 Å². The van der Waals surface area contributed by atoms with Crippen molar-refractivity contribution in [2.75, 3.05) is 34.9 Å². The highest BCUT2D eigenvalue weighted by Crippen LogP contribution is 2.38. The minimum Gasteiger partial charge on any atom is -0.493 e. The highest BCUT2D eigenvalue weighted by Gasteiger charge is 2.12. The molecule has 4 nitrogen and oxygen atoms in total. The summed E-state index contributed by atoms with van der Waals surface area (Å²) in [5.41, 5.74) is 2.36. The summed E-state index contributed by atoms with van der Waals surface area (Å²) in [6.07, 6.45) is 3.14. The zero-order chi connectivity index (χ0) is 14.3. The second-order valence-corrected chi connectivity index (χ2v) is 4.15. The summed E-state index contributed by atoms with van der Waals surface area (Å²) in [5, 5.41) is 3.16. The van der Waals surface area contributed by atoms with Crippen LogP contribution in [-0.4, -0.2) is 34.9 Å². The summed E-state index contributed by atoms with van der Waals surface area (Å²) in [5.74, 6) is 1.97. The van der Waals surface area contributed by atoms with Crippen LogP contribution in [0, 0.1) is 0 Å². The van der Waals surface area contributed by atoms with E-state index in [1.54, 1.807) is 21.3 Å². The molecule has 0 aliphatic carbocycles. The molecule has 106 valence electrons. The standard InChI is InChI=1S/C15H23NO3/c1-6-11(10-16-2)7-12-8-13(17-3)15(19-5)14(9-12)18-4/h7-9,16H,6,10H2,1-5H3. The highest BCUT2D eigenvalue weighted by atomic mass is 16.5. The van der Waals surface area contributed by atoms with Gasteiger partial charge in [-0.2, -0.15) is 0 Å². The van der Waals surface area contributed by atoms with Gasteiger partial charge in [-0.25, -0.2) is 0 Å². The molecular formula is C15H23NO3. The van der Waals surface area contributed by atoms with Gasteiger partial charge in [0.15, 0.2) is 11.5 Å². The Hall–Kier alpha value is -1.68. The van der Waals surface area contributed by atoms with Crippen LogP contribution in [0.1, 0.15) is 18.9 Å². The van der Waals surface area contributed by atoms with Crippen molar-refractivity contribution in [1.82, 2.24) is 5.32 Å². The number of benzene rings is 1. The van der Waals surface area contributed by atoms with E-state index in [4.69, 9.17) is 14.2 Å². The van der Waals surface area contributed by atoms with Crippen molar-refractivity contribution in [3.05, 3.63) is 23.3 Å². The van der Waals surface area contributed by atoms with E-state index in [9.17, 15) is 0 Å². The Balaban J connectivity index is 3.22. The maximum Gasteiger partial charge on any atom is 0.203 e. The molecule has 0 saturated carbocycles. The van der Waals surface area contributed by atoms with E-state index in [0.717, 1.165) is 18.5 Å². The van der Waals surface area contributed by atoms with Crippen molar-refractivity contribution in [3.8, 4) is 17.2 Å². The van der Waals surface area contributed by atoms with Crippen LogP contribution in [0.2, 0.25) is 0 Å². The molecular weight excluding hydrogens is 242 g/mol. The molecule has 1 N–H and O–H groups in total. The lowest BCUT2D eigenvalue weighted by Gasteiger charge is -2.13. The van der Waals surface area contributed by atoms with Gasteiger partial charge < -0.3 is 19.5 Å². The normalized spacial score (nSPS) is 11.3. The Morgan fingerprint density at radius 3 is 2.05 bits per heavy atom. The fraction of sp³-hybridized carbons (Fsp3) is 0.467. The minimum absolute atomic E-state index is 0.619. The van der Waals surface area contributed by atoms with Crippen LogP contribution >= 0.6 is 0 Å². The molecule has 0 radical (unpaired) electrons. The van der Waals surface area contributed by atoms with Gasteiger partial charge in [-0.3, -0.25) is 0 Å². The topological polar surface area (TPSA) is 39.7 Å². The zero-order valence-electron chi connectivity index (χ0n) is 12.4. The fourth-order valence-corrected chi connectivity index (χ4v) is 1.93. The fourth-order valence-electron chi connectivity index (χ4n) is 1.93. The summed E-state index contributed by atoms with van der Waals surface area (Å²) in [7, 11) is 6.80. The van der Waals surface area contributed by atoms with Gasteiger partial charge in [0.2, 0.25) is 5.75 Å². The summed E-state index contributed by atoms with van der Waals surface area (Å²) < 4.78 is 16.0. The summed E-state index contributed by atoms with van der Waals surface area (Å²) in [4.78, 5) is 0. The van der Waals surface area contributed by atoms with Crippen LogP contribution in [0.4, 0.5) is 0 Å². The van der Waals surface area contributed by atoms with E-state index in [2.05, 4.69) is 18.3 Å². The number of hydrogen-bond donors (Lipinski definition) is 1. The molecule has 0 atom stereocenters. The van der Waals surface area contributed by atoms with E-state index < -0.39 is 0 Å². The Bertz CT molecular complexity index is 416. The first kappa shape index (κ1) is 15.4. The van der Waals surface area contributed by atoms with Crippen LogP contribution < -0.4 is 19.5 Å². The molecule has 1 aromatic rings. The molecule has 0 unspecified atom stereocenters. The summed E-state index contributed by atoms with van der Waals surface area (Å²) >= 11 is 0.